The number of carbonyl (C=O) groups excluding carboxylic acids is 2. The minimum absolute atomic E-state index is 0.362. The number of hydrogen-bond donors (Lipinski definition) is 1. The summed E-state index contributed by atoms with van der Waals surface area (Å²) in [5, 5.41) is 2.71. The Balaban J connectivity index is 1.95. The fraction of sp³-hybridized carbons (Fsp3) is 0.300. The summed E-state index contributed by atoms with van der Waals surface area (Å²) in [7, 11) is 0. The number of rotatable bonds is 7. The van der Waals surface area contributed by atoms with E-state index in [9.17, 15) is 9.59 Å². The van der Waals surface area contributed by atoms with E-state index in [0.717, 1.165) is 18.8 Å². The Morgan fingerprint density at radius 2 is 1.60 bits per heavy atom. The van der Waals surface area contributed by atoms with Crippen LogP contribution in [-0.2, 0) is 9.53 Å². The van der Waals surface area contributed by atoms with Gasteiger partial charge in [0.25, 0.3) is 5.91 Å². The molecule has 0 saturated heterocycles. The monoisotopic (exact) mass is 340 g/mol. The molecule has 0 saturated carbocycles. The van der Waals surface area contributed by atoms with Crippen LogP contribution in [0, 0.1) is 0 Å². The van der Waals surface area contributed by atoms with Crippen molar-refractivity contribution in [3.63, 3.8) is 0 Å². The van der Waals surface area contributed by atoms with Gasteiger partial charge in [-0.2, -0.15) is 0 Å². The van der Waals surface area contributed by atoms with Crippen LogP contribution < -0.4 is 10.2 Å². The molecule has 0 aliphatic carbocycles. The van der Waals surface area contributed by atoms with E-state index in [2.05, 4.69) is 24.1 Å². The van der Waals surface area contributed by atoms with Crippen LogP contribution in [0.1, 0.15) is 31.1 Å². The van der Waals surface area contributed by atoms with Gasteiger partial charge < -0.3 is 15.0 Å². The average molecular weight is 340 g/mol. The molecule has 2 aromatic carbocycles. The van der Waals surface area contributed by atoms with Crippen molar-refractivity contribution >= 4 is 23.3 Å². The van der Waals surface area contributed by atoms with Crippen molar-refractivity contribution in [2.45, 2.75) is 26.9 Å². The Kier molecular flexibility index (Phi) is 6.57. The van der Waals surface area contributed by atoms with E-state index in [4.69, 9.17) is 4.74 Å². The molecule has 0 aromatic heterocycles. The van der Waals surface area contributed by atoms with Crippen molar-refractivity contribution in [3.8, 4) is 0 Å². The van der Waals surface area contributed by atoms with Gasteiger partial charge in [-0.25, -0.2) is 4.79 Å². The minimum atomic E-state index is -0.879. The second kappa shape index (κ2) is 8.87. The van der Waals surface area contributed by atoms with Gasteiger partial charge in [0.05, 0.1) is 5.56 Å². The molecule has 0 bridgehead atoms. The first-order valence-electron chi connectivity index (χ1n) is 8.47. The van der Waals surface area contributed by atoms with Gasteiger partial charge in [0, 0.05) is 24.5 Å². The van der Waals surface area contributed by atoms with E-state index >= 15 is 0 Å². The number of nitrogens with one attached hydrogen (secondary N) is 1. The second-order valence-electron chi connectivity index (χ2n) is 5.62. The lowest BCUT2D eigenvalue weighted by Gasteiger charge is -2.21. The van der Waals surface area contributed by atoms with Crippen molar-refractivity contribution in [1.82, 2.24) is 0 Å². The van der Waals surface area contributed by atoms with Crippen molar-refractivity contribution < 1.29 is 14.3 Å². The lowest BCUT2D eigenvalue weighted by atomic mass is 10.2. The molecule has 0 unspecified atom stereocenters. The van der Waals surface area contributed by atoms with Crippen LogP contribution in [0.5, 0.6) is 0 Å². The summed E-state index contributed by atoms with van der Waals surface area (Å²) in [6, 6.07) is 16.3. The molecule has 0 aliphatic heterocycles. The Hall–Kier alpha value is -2.82. The normalized spacial score (nSPS) is 11.5. The zero-order valence-electron chi connectivity index (χ0n) is 14.9. The number of benzene rings is 2. The molecule has 0 radical (unpaired) electrons. The summed E-state index contributed by atoms with van der Waals surface area (Å²) in [6.45, 7) is 7.52. The minimum Gasteiger partial charge on any atom is -0.449 e. The summed E-state index contributed by atoms with van der Waals surface area (Å²) in [5.41, 5.74) is 2.14. The van der Waals surface area contributed by atoms with Gasteiger partial charge in [-0.1, -0.05) is 18.2 Å². The topological polar surface area (TPSA) is 58.6 Å². The van der Waals surface area contributed by atoms with Crippen LogP contribution in [0.2, 0.25) is 0 Å². The van der Waals surface area contributed by atoms with Crippen molar-refractivity contribution in [2.75, 3.05) is 23.3 Å². The van der Waals surface area contributed by atoms with Crippen LogP contribution in [-0.4, -0.2) is 31.1 Å². The number of amides is 1. The number of hydrogen-bond acceptors (Lipinski definition) is 4. The standard InChI is InChI=1S/C20H24N2O3/c1-4-22(5-2)18-13-11-16(12-14-18)20(24)25-15(3)19(23)21-17-9-7-6-8-10-17/h6-15H,4-5H2,1-3H3,(H,21,23)/t15-/m0/s1. The van der Waals surface area contributed by atoms with Crippen LogP contribution in [0.15, 0.2) is 54.6 Å². The molecule has 5 heteroatoms. The highest BCUT2D eigenvalue weighted by atomic mass is 16.5. The average Bonchev–Trinajstić information content (AvgIpc) is 2.64. The van der Waals surface area contributed by atoms with Crippen LogP contribution in [0.3, 0.4) is 0 Å². The molecular formula is C20H24N2O3. The molecule has 1 N–H and O–H groups in total. The summed E-state index contributed by atoms with van der Waals surface area (Å²) >= 11 is 0. The van der Waals surface area contributed by atoms with Gasteiger partial charge in [-0.05, 0) is 57.2 Å². The van der Waals surface area contributed by atoms with Gasteiger partial charge >= 0.3 is 5.97 Å². The molecule has 0 spiro atoms. The summed E-state index contributed by atoms with van der Waals surface area (Å²) in [5.74, 6) is -0.874. The third kappa shape index (κ3) is 5.08. The molecule has 0 fully saturated rings. The van der Waals surface area contributed by atoms with Gasteiger partial charge in [0.1, 0.15) is 0 Å². The largest absolute Gasteiger partial charge is 0.449 e. The predicted molar refractivity (Wildman–Crippen MR) is 100.0 cm³/mol. The highest BCUT2D eigenvalue weighted by molar-refractivity contribution is 5.97. The van der Waals surface area contributed by atoms with Gasteiger partial charge in [0.15, 0.2) is 6.10 Å². The van der Waals surface area contributed by atoms with E-state index in [1.165, 1.54) is 0 Å². The first kappa shape index (κ1) is 18.5. The van der Waals surface area contributed by atoms with Gasteiger partial charge in [-0.3, -0.25) is 4.79 Å². The van der Waals surface area contributed by atoms with Crippen LogP contribution >= 0.6 is 0 Å². The zero-order valence-corrected chi connectivity index (χ0v) is 14.9. The first-order chi connectivity index (χ1) is 12.0. The van der Waals surface area contributed by atoms with E-state index in [1.807, 2.05) is 30.3 Å². The fourth-order valence-corrected chi connectivity index (χ4v) is 2.44. The predicted octanol–water partition coefficient (Wildman–Crippen LogP) is 3.72. The fourth-order valence-electron chi connectivity index (χ4n) is 2.44. The van der Waals surface area contributed by atoms with E-state index in [1.54, 1.807) is 31.2 Å². The molecular weight excluding hydrogens is 316 g/mol. The third-order valence-corrected chi connectivity index (χ3v) is 3.93. The molecule has 0 aliphatic rings. The highest BCUT2D eigenvalue weighted by Gasteiger charge is 2.19. The van der Waals surface area contributed by atoms with E-state index in [0.29, 0.717) is 11.3 Å². The lowest BCUT2D eigenvalue weighted by Crippen LogP contribution is -2.30. The van der Waals surface area contributed by atoms with Crippen molar-refractivity contribution in [1.29, 1.82) is 0 Å². The number of para-hydroxylation sites is 1. The summed E-state index contributed by atoms with van der Waals surface area (Å²) in [4.78, 5) is 26.5. The van der Waals surface area contributed by atoms with E-state index in [-0.39, 0.29) is 5.91 Å². The summed E-state index contributed by atoms with van der Waals surface area (Å²) in [6.07, 6.45) is -0.879. The lowest BCUT2D eigenvalue weighted by molar-refractivity contribution is -0.123. The molecule has 5 nitrogen and oxygen atoms in total. The Morgan fingerprint density at radius 1 is 1.00 bits per heavy atom. The number of carbonyl (C=O) groups is 2. The maximum atomic E-state index is 12.2. The highest BCUT2D eigenvalue weighted by Crippen LogP contribution is 2.16. The Labute approximate surface area is 148 Å². The quantitative estimate of drug-likeness (QED) is 0.781. The SMILES string of the molecule is CCN(CC)c1ccc(C(=O)O[C@@H](C)C(=O)Nc2ccccc2)cc1. The maximum absolute atomic E-state index is 12.2. The molecule has 2 aromatic rings. The maximum Gasteiger partial charge on any atom is 0.338 e. The zero-order chi connectivity index (χ0) is 18.2. The number of nitrogens with zero attached hydrogens (tertiary/aromatic N) is 1. The van der Waals surface area contributed by atoms with Gasteiger partial charge in [0.2, 0.25) is 0 Å². The van der Waals surface area contributed by atoms with E-state index < -0.39 is 12.1 Å². The van der Waals surface area contributed by atoms with Crippen molar-refractivity contribution in [3.05, 3.63) is 60.2 Å². The molecule has 1 amide bonds. The van der Waals surface area contributed by atoms with Crippen molar-refractivity contribution in [2.24, 2.45) is 0 Å². The Bertz CT molecular complexity index is 695. The second-order valence-corrected chi connectivity index (χ2v) is 5.62. The number of ether oxygens (including phenoxy) is 1. The summed E-state index contributed by atoms with van der Waals surface area (Å²) < 4.78 is 5.26. The number of anilines is 2. The first-order valence-corrected chi connectivity index (χ1v) is 8.47. The molecule has 25 heavy (non-hydrogen) atoms. The molecule has 0 heterocycles. The smallest absolute Gasteiger partial charge is 0.338 e. The van der Waals surface area contributed by atoms with Crippen LogP contribution in [0.4, 0.5) is 11.4 Å². The third-order valence-electron chi connectivity index (χ3n) is 3.93. The molecule has 1 atom stereocenters. The van der Waals surface area contributed by atoms with Crippen LogP contribution in [0.25, 0.3) is 0 Å². The molecule has 132 valence electrons. The Morgan fingerprint density at radius 3 is 2.16 bits per heavy atom. The number of esters is 1. The molecule has 2 rings (SSSR count). The van der Waals surface area contributed by atoms with Gasteiger partial charge in [-0.15, -0.1) is 0 Å².